The van der Waals surface area contributed by atoms with Crippen LogP contribution in [0.4, 0.5) is 21.8 Å². The topological polar surface area (TPSA) is 57.2 Å². The quantitative estimate of drug-likeness (QED) is 0.551. The first-order chi connectivity index (χ1) is 17.0. The van der Waals surface area contributed by atoms with E-state index < -0.39 is 5.82 Å². The molecule has 3 heterocycles. The third-order valence-corrected chi connectivity index (χ3v) is 8.03. The molecule has 180 valence electrons. The van der Waals surface area contributed by atoms with E-state index in [1.54, 1.807) is 0 Å². The summed E-state index contributed by atoms with van der Waals surface area (Å²) in [6.07, 6.45) is 10.2. The van der Waals surface area contributed by atoms with Crippen LogP contribution in [0.2, 0.25) is 0 Å². The van der Waals surface area contributed by atoms with Crippen LogP contribution in [0.15, 0.2) is 48.3 Å². The zero-order valence-corrected chi connectivity index (χ0v) is 20.4. The van der Waals surface area contributed by atoms with Gasteiger partial charge >= 0.3 is 0 Å². The van der Waals surface area contributed by atoms with Crippen molar-refractivity contribution >= 4 is 23.5 Å². The highest BCUT2D eigenvalue weighted by atomic mass is 19.1. The van der Waals surface area contributed by atoms with E-state index in [4.69, 9.17) is 0 Å². The summed E-state index contributed by atoms with van der Waals surface area (Å²) in [5.41, 5.74) is 6.33. The second kappa shape index (κ2) is 8.72. The summed E-state index contributed by atoms with van der Waals surface area (Å²) in [6, 6.07) is 10.2. The fourth-order valence-corrected chi connectivity index (χ4v) is 5.93. The van der Waals surface area contributed by atoms with E-state index in [-0.39, 0.29) is 5.41 Å². The van der Waals surface area contributed by atoms with Crippen molar-refractivity contribution in [1.29, 1.82) is 0 Å². The van der Waals surface area contributed by atoms with Gasteiger partial charge in [-0.05, 0) is 56.1 Å². The lowest BCUT2D eigenvalue weighted by Gasteiger charge is -2.33. The molecule has 1 saturated heterocycles. The number of hydrogen-bond donors (Lipinski definition) is 1. The summed E-state index contributed by atoms with van der Waals surface area (Å²) in [5, 5.41) is 3.15. The molecule has 2 aliphatic carbocycles. The van der Waals surface area contributed by atoms with Crippen molar-refractivity contribution in [2.45, 2.75) is 38.0 Å². The number of benzene rings is 1. The monoisotopic (exact) mass is 470 g/mol. The Kier molecular flexibility index (Phi) is 5.52. The number of likely N-dealkylation sites (N-methyl/N-ethyl adjacent to an activating group) is 1. The predicted octanol–water partition coefficient (Wildman–Crippen LogP) is 5.40. The van der Waals surface area contributed by atoms with Gasteiger partial charge in [0.05, 0.1) is 18.1 Å². The molecule has 0 unspecified atom stereocenters. The minimum atomic E-state index is -0.419. The summed E-state index contributed by atoms with van der Waals surface area (Å²) in [4.78, 5) is 17.9. The van der Waals surface area contributed by atoms with Crippen molar-refractivity contribution in [1.82, 2.24) is 19.9 Å². The van der Waals surface area contributed by atoms with Crippen LogP contribution >= 0.6 is 0 Å². The first kappa shape index (κ1) is 22.2. The summed E-state index contributed by atoms with van der Waals surface area (Å²) < 4.78 is 14.9. The van der Waals surface area contributed by atoms with Gasteiger partial charge in [0, 0.05) is 37.2 Å². The maximum absolute atomic E-state index is 14.9. The number of pyridine rings is 1. The Morgan fingerprint density at radius 3 is 2.51 bits per heavy atom. The van der Waals surface area contributed by atoms with Gasteiger partial charge < -0.3 is 15.1 Å². The first-order valence-corrected chi connectivity index (χ1v) is 12.5. The Hall–Kier alpha value is -3.32. The van der Waals surface area contributed by atoms with Crippen molar-refractivity contribution in [3.05, 3.63) is 65.2 Å². The second-order valence-electron chi connectivity index (χ2n) is 10.1. The van der Waals surface area contributed by atoms with E-state index in [0.717, 1.165) is 37.4 Å². The van der Waals surface area contributed by atoms with E-state index in [9.17, 15) is 4.39 Å². The molecule has 0 atom stereocenters. The van der Waals surface area contributed by atoms with Crippen molar-refractivity contribution < 1.29 is 4.39 Å². The number of allylic oxidation sites excluding steroid dienone is 1. The summed E-state index contributed by atoms with van der Waals surface area (Å²) in [7, 11) is 2.15. The van der Waals surface area contributed by atoms with Crippen LogP contribution in [0.3, 0.4) is 0 Å². The molecule has 1 N–H and O–H groups in total. The molecule has 1 aromatic carbocycles. The average molecular weight is 471 g/mol. The molecule has 7 heteroatoms. The van der Waals surface area contributed by atoms with Gasteiger partial charge in [0.2, 0.25) is 5.95 Å². The van der Waals surface area contributed by atoms with Crippen LogP contribution < -0.4 is 10.2 Å². The van der Waals surface area contributed by atoms with Gasteiger partial charge in [-0.25, -0.2) is 19.3 Å². The van der Waals surface area contributed by atoms with E-state index in [2.05, 4.69) is 68.3 Å². The van der Waals surface area contributed by atoms with Gasteiger partial charge in [-0.3, -0.25) is 0 Å². The molecular weight excluding hydrogens is 439 g/mol. The summed E-state index contributed by atoms with van der Waals surface area (Å²) >= 11 is 0. The molecule has 2 aromatic heterocycles. The first-order valence-electron chi connectivity index (χ1n) is 12.5. The maximum atomic E-state index is 14.9. The van der Waals surface area contributed by atoms with Gasteiger partial charge in [-0.15, -0.1) is 0 Å². The number of nitrogens with one attached hydrogen (secondary N) is 1. The summed E-state index contributed by atoms with van der Waals surface area (Å²) in [6.45, 7) is 6.32. The van der Waals surface area contributed by atoms with Crippen molar-refractivity contribution in [3.63, 3.8) is 0 Å². The maximum Gasteiger partial charge on any atom is 0.229 e. The lowest BCUT2D eigenvalue weighted by molar-refractivity contribution is 0.313. The van der Waals surface area contributed by atoms with Crippen LogP contribution in [0.5, 0.6) is 0 Å². The van der Waals surface area contributed by atoms with Crippen molar-refractivity contribution in [2.75, 3.05) is 43.4 Å². The van der Waals surface area contributed by atoms with Gasteiger partial charge in [-0.2, -0.15) is 0 Å². The molecule has 0 amide bonds. The van der Waals surface area contributed by atoms with Crippen LogP contribution in [0, 0.1) is 5.82 Å². The molecule has 1 spiro atoms. The third-order valence-electron chi connectivity index (χ3n) is 8.03. The molecule has 0 radical (unpaired) electrons. The number of aromatic nitrogens is 3. The lowest BCUT2D eigenvalue weighted by atomic mass is 9.76. The fourth-order valence-electron chi connectivity index (χ4n) is 5.93. The Morgan fingerprint density at radius 2 is 1.77 bits per heavy atom. The molecular formula is C28H31FN6. The minimum Gasteiger partial charge on any atom is -0.368 e. The van der Waals surface area contributed by atoms with Gasteiger partial charge in [0.15, 0.2) is 5.82 Å². The molecule has 35 heavy (non-hydrogen) atoms. The normalized spacial score (nSPS) is 19.2. The highest BCUT2D eigenvalue weighted by Gasteiger charge is 2.41. The molecule has 3 aromatic rings. The fraction of sp³-hybridized carbons (Fsp3) is 0.393. The third kappa shape index (κ3) is 3.97. The highest BCUT2D eigenvalue weighted by molar-refractivity contribution is 5.74. The SMILES string of the molecule is CC1=Cc2ccc(-c3nc(Nc4ccc(N5CCN(C)CC5)cn4)ncc3F)cc2C12CCCC2. The number of hydrogen-bond acceptors (Lipinski definition) is 6. The Balaban J connectivity index is 1.24. The van der Waals surface area contributed by atoms with E-state index in [1.807, 2.05) is 18.3 Å². The standard InChI is InChI=1S/C28H31FN6/c1-19-15-20-5-6-21(16-23(20)28(19)9-3-4-10-28)26-24(29)18-31-27(33-26)32-25-8-7-22(17-30-25)35-13-11-34(2)12-14-35/h5-8,15-18H,3-4,9-14H2,1-2H3,(H,30,31,32,33). The molecule has 1 aliphatic heterocycles. The lowest BCUT2D eigenvalue weighted by Crippen LogP contribution is -2.44. The van der Waals surface area contributed by atoms with Crippen molar-refractivity contribution in [2.24, 2.45) is 0 Å². The van der Waals surface area contributed by atoms with Gasteiger partial charge in [0.1, 0.15) is 11.5 Å². The Bertz CT molecular complexity index is 1270. The molecule has 6 nitrogen and oxygen atoms in total. The molecule has 0 bridgehead atoms. The number of halogens is 1. The largest absolute Gasteiger partial charge is 0.368 e. The van der Waals surface area contributed by atoms with Crippen LogP contribution in [-0.4, -0.2) is 53.1 Å². The number of piperazine rings is 1. The second-order valence-corrected chi connectivity index (χ2v) is 10.1. The van der Waals surface area contributed by atoms with E-state index >= 15 is 0 Å². The van der Waals surface area contributed by atoms with Crippen LogP contribution in [-0.2, 0) is 5.41 Å². The molecule has 6 rings (SSSR count). The molecule has 3 aliphatic rings. The molecule has 1 saturated carbocycles. The number of anilines is 3. The van der Waals surface area contributed by atoms with Crippen LogP contribution in [0.1, 0.15) is 43.7 Å². The van der Waals surface area contributed by atoms with Crippen LogP contribution in [0.25, 0.3) is 17.3 Å². The minimum absolute atomic E-state index is 0.116. The Morgan fingerprint density at radius 1 is 0.971 bits per heavy atom. The van der Waals surface area contributed by atoms with E-state index in [0.29, 0.717) is 17.5 Å². The summed E-state index contributed by atoms with van der Waals surface area (Å²) in [5.74, 6) is 0.558. The van der Waals surface area contributed by atoms with Gasteiger partial charge in [-0.1, -0.05) is 36.6 Å². The highest BCUT2D eigenvalue weighted by Crippen LogP contribution is 2.52. The van der Waals surface area contributed by atoms with Gasteiger partial charge in [0.25, 0.3) is 0 Å². The zero-order chi connectivity index (χ0) is 24.0. The van der Waals surface area contributed by atoms with Crippen molar-refractivity contribution in [3.8, 4) is 11.3 Å². The molecule has 2 fully saturated rings. The smallest absolute Gasteiger partial charge is 0.229 e. The van der Waals surface area contributed by atoms with E-state index in [1.165, 1.54) is 48.6 Å². The number of fused-ring (bicyclic) bond motifs is 2. The predicted molar refractivity (Wildman–Crippen MR) is 138 cm³/mol. The number of nitrogens with zero attached hydrogens (tertiary/aromatic N) is 5. The zero-order valence-electron chi connectivity index (χ0n) is 20.4. The Labute approximate surface area is 205 Å². The average Bonchev–Trinajstić information content (AvgIpc) is 3.47. The number of rotatable bonds is 4.